The molecule has 1 aliphatic rings. The van der Waals surface area contributed by atoms with Crippen LogP contribution < -0.4 is 21.1 Å². The Kier molecular flexibility index (Phi) is 6.90. The molecule has 0 aromatic heterocycles. The van der Waals surface area contributed by atoms with E-state index >= 15 is 0 Å². The number of para-hydroxylation sites is 2. The summed E-state index contributed by atoms with van der Waals surface area (Å²) in [4.78, 5) is 4.65. The molecule has 0 radical (unpaired) electrons. The molecule has 2 aromatic rings. The van der Waals surface area contributed by atoms with Crippen LogP contribution in [-0.4, -0.2) is 38.4 Å². The van der Waals surface area contributed by atoms with Gasteiger partial charge >= 0.3 is 0 Å². The number of nitrogens with zero attached hydrogens (tertiary/aromatic N) is 1. The molecule has 1 atom stereocenters. The number of guanidine groups is 1. The summed E-state index contributed by atoms with van der Waals surface area (Å²) < 4.78 is 11.0. The Balaban J connectivity index is 1.70. The van der Waals surface area contributed by atoms with Crippen LogP contribution in [0.3, 0.4) is 0 Å². The van der Waals surface area contributed by atoms with Gasteiger partial charge < -0.3 is 25.8 Å². The van der Waals surface area contributed by atoms with Crippen molar-refractivity contribution in [3.05, 3.63) is 60.2 Å². The molecule has 6 nitrogen and oxygen atoms in total. The lowest BCUT2D eigenvalue weighted by Crippen LogP contribution is -2.53. The molecule has 28 heavy (non-hydrogen) atoms. The number of aliphatic imine (C=N–C) groups is 1. The van der Waals surface area contributed by atoms with Crippen molar-refractivity contribution in [2.75, 3.05) is 32.2 Å². The van der Waals surface area contributed by atoms with Gasteiger partial charge in [0.15, 0.2) is 5.96 Å². The highest BCUT2D eigenvalue weighted by Crippen LogP contribution is 2.26. The molecule has 2 aromatic carbocycles. The predicted molar refractivity (Wildman–Crippen MR) is 114 cm³/mol. The molecule has 4 N–H and O–H groups in total. The van der Waals surface area contributed by atoms with Gasteiger partial charge in [-0.3, -0.25) is 4.99 Å². The van der Waals surface area contributed by atoms with E-state index in [-0.39, 0.29) is 11.6 Å². The van der Waals surface area contributed by atoms with Crippen molar-refractivity contribution >= 4 is 11.6 Å². The van der Waals surface area contributed by atoms with E-state index in [1.807, 2.05) is 30.3 Å². The molecule has 1 unspecified atom stereocenters. The zero-order chi connectivity index (χ0) is 19.8. The molecule has 6 heteroatoms. The van der Waals surface area contributed by atoms with Crippen LogP contribution >= 0.6 is 0 Å². The zero-order valence-corrected chi connectivity index (χ0v) is 16.7. The average Bonchev–Trinajstić information content (AvgIpc) is 2.74. The Morgan fingerprint density at radius 3 is 2.54 bits per heavy atom. The van der Waals surface area contributed by atoms with Gasteiger partial charge in [-0.15, -0.1) is 0 Å². The largest absolute Gasteiger partial charge is 0.495 e. The topological polar surface area (TPSA) is 80.9 Å². The zero-order valence-electron chi connectivity index (χ0n) is 16.7. The van der Waals surface area contributed by atoms with E-state index in [1.54, 1.807) is 7.11 Å². The number of methoxy groups -OCH3 is 1. The molecule has 0 bridgehead atoms. The summed E-state index contributed by atoms with van der Waals surface area (Å²) in [7, 11) is 1.64. The first-order valence-electron chi connectivity index (χ1n) is 9.72. The molecule has 150 valence electrons. The third kappa shape index (κ3) is 5.24. The molecule has 1 saturated heterocycles. The second-order valence-corrected chi connectivity index (χ2v) is 7.20. The van der Waals surface area contributed by atoms with Crippen LogP contribution in [0, 0.1) is 0 Å². The molecule has 3 rings (SSSR count). The van der Waals surface area contributed by atoms with E-state index < -0.39 is 0 Å². The standard InChI is InChI=1S/C22H30N4O2/c1-17(18-8-4-3-5-9-18)26-22(12-14-28-15-13-22)16-24-21(23)25-19-10-6-7-11-20(19)27-2/h3-11,17,26H,12-16H2,1-2H3,(H3,23,24,25). The second-order valence-electron chi connectivity index (χ2n) is 7.20. The summed E-state index contributed by atoms with van der Waals surface area (Å²) in [6.07, 6.45) is 1.80. The monoisotopic (exact) mass is 382 g/mol. The number of rotatable bonds is 7. The van der Waals surface area contributed by atoms with Crippen molar-refractivity contribution in [2.24, 2.45) is 10.7 Å². The van der Waals surface area contributed by atoms with Gasteiger partial charge in [0.1, 0.15) is 5.75 Å². The van der Waals surface area contributed by atoms with Gasteiger partial charge in [0.2, 0.25) is 0 Å². The smallest absolute Gasteiger partial charge is 0.193 e. The lowest BCUT2D eigenvalue weighted by Gasteiger charge is -2.39. The van der Waals surface area contributed by atoms with Crippen molar-refractivity contribution < 1.29 is 9.47 Å². The maximum absolute atomic E-state index is 6.17. The van der Waals surface area contributed by atoms with Gasteiger partial charge in [-0.2, -0.15) is 0 Å². The number of anilines is 1. The van der Waals surface area contributed by atoms with Crippen molar-refractivity contribution in [1.82, 2.24) is 5.32 Å². The SMILES string of the molecule is COc1ccccc1NC(N)=NCC1(NC(C)c2ccccc2)CCOCC1. The summed E-state index contributed by atoms with van der Waals surface area (Å²) in [5.74, 6) is 1.11. The normalized spacial score (nSPS) is 17.7. The van der Waals surface area contributed by atoms with Gasteiger partial charge in [0, 0.05) is 24.8 Å². The van der Waals surface area contributed by atoms with E-state index in [1.165, 1.54) is 5.56 Å². The Hall–Kier alpha value is -2.57. The van der Waals surface area contributed by atoms with Gasteiger partial charge in [-0.1, -0.05) is 42.5 Å². The maximum Gasteiger partial charge on any atom is 0.193 e. The van der Waals surface area contributed by atoms with E-state index in [2.05, 4.69) is 46.8 Å². The minimum Gasteiger partial charge on any atom is -0.495 e. The number of nitrogens with one attached hydrogen (secondary N) is 2. The highest BCUT2D eigenvalue weighted by atomic mass is 16.5. The van der Waals surface area contributed by atoms with E-state index in [0.29, 0.717) is 12.5 Å². The number of hydrogen-bond donors (Lipinski definition) is 3. The molecule has 0 saturated carbocycles. The highest BCUT2D eigenvalue weighted by Gasteiger charge is 2.33. The maximum atomic E-state index is 6.17. The molecule has 1 fully saturated rings. The molecule has 0 spiro atoms. The average molecular weight is 383 g/mol. The number of hydrogen-bond acceptors (Lipinski definition) is 4. The van der Waals surface area contributed by atoms with Gasteiger partial charge in [0.25, 0.3) is 0 Å². The van der Waals surface area contributed by atoms with Crippen LogP contribution in [0.4, 0.5) is 5.69 Å². The fourth-order valence-corrected chi connectivity index (χ4v) is 3.56. The van der Waals surface area contributed by atoms with Crippen LogP contribution in [0.1, 0.15) is 31.4 Å². The summed E-state index contributed by atoms with van der Waals surface area (Å²) in [6, 6.07) is 18.3. The molecular weight excluding hydrogens is 352 g/mol. The van der Waals surface area contributed by atoms with Crippen molar-refractivity contribution in [2.45, 2.75) is 31.3 Å². The fourth-order valence-electron chi connectivity index (χ4n) is 3.56. The summed E-state index contributed by atoms with van der Waals surface area (Å²) in [5.41, 5.74) is 8.10. The lowest BCUT2D eigenvalue weighted by atomic mass is 9.88. The Morgan fingerprint density at radius 1 is 1.14 bits per heavy atom. The molecule has 1 heterocycles. The van der Waals surface area contributed by atoms with Crippen LogP contribution in [-0.2, 0) is 4.74 Å². The third-order valence-corrected chi connectivity index (χ3v) is 5.19. The Morgan fingerprint density at radius 2 is 1.82 bits per heavy atom. The van der Waals surface area contributed by atoms with Crippen LogP contribution in [0.2, 0.25) is 0 Å². The summed E-state index contributed by atoms with van der Waals surface area (Å²) in [5, 5.41) is 6.94. The first kappa shape index (κ1) is 20.2. The quantitative estimate of drug-likeness (QED) is 0.506. The first-order chi connectivity index (χ1) is 13.6. The Bertz CT molecular complexity index is 773. The highest BCUT2D eigenvalue weighted by molar-refractivity contribution is 5.93. The van der Waals surface area contributed by atoms with Gasteiger partial charge in [-0.05, 0) is 37.5 Å². The molecule has 0 aliphatic carbocycles. The lowest BCUT2D eigenvalue weighted by molar-refractivity contribution is 0.0375. The van der Waals surface area contributed by atoms with E-state index in [4.69, 9.17) is 15.2 Å². The number of benzene rings is 2. The Labute approximate surface area is 167 Å². The summed E-state index contributed by atoms with van der Waals surface area (Å²) in [6.45, 7) is 4.22. The minimum atomic E-state index is -0.138. The van der Waals surface area contributed by atoms with Crippen molar-refractivity contribution in [3.8, 4) is 5.75 Å². The third-order valence-electron chi connectivity index (χ3n) is 5.19. The second kappa shape index (κ2) is 9.57. The van der Waals surface area contributed by atoms with Gasteiger partial charge in [0.05, 0.1) is 19.3 Å². The van der Waals surface area contributed by atoms with Crippen LogP contribution in [0.15, 0.2) is 59.6 Å². The van der Waals surface area contributed by atoms with E-state index in [9.17, 15) is 0 Å². The molecular formula is C22H30N4O2. The van der Waals surface area contributed by atoms with Crippen molar-refractivity contribution in [1.29, 1.82) is 0 Å². The predicted octanol–water partition coefficient (Wildman–Crippen LogP) is 3.32. The number of nitrogens with two attached hydrogens (primary N) is 1. The number of ether oxygens (including phenoxy) is 2. The van der Waals surface area contributed by atoms with Crippen LogP contribution in [0.25, 0.3) is 0 Å². The minimum absolute atomic E-state index is 0.138. The molecule has 1 aliphatic heterocycles. The summed E-state index contributed by atoms with van der Waals surface area (Å²) >= 11 is 0. The van der Waals surface area contributed by atoms with Crippen LogP contribution in [0.5, 0.6) is 5.75 Å². The van der Waals surface area contributed by atoms with Crippen molar-refractivity contribution in [3.63, 3.8) is 0 Å². The van der Waals surface area contributed by atoms with E-state index in [0.717, 1.165) is 37.5 Å². The fraction of sp³-hybridized carbons (Fsp3) is 0.409. The van der Waals surface area contributed by atoms with Gasteiger partial charge in [-0.25, -0.2) is 0 Å². The molecule has 0 amide bonds. The first-order valence-corrected chi connectivity index (χ1v) is 9.72.